The highest BCUT2D eigenvalue weighted by Crippen LogP contribution is 2.13. The number of aromatic nitrogens is 2. The van der Waals surface area contributed by atoms with Gasteiger partial charge in [-0.05, 0) is 25.9 Å². The second kappa shape index (κ2) is 9.41. The maximum Gasteiger partial charge on any atom is 0.151 e. The number of hydrogen-bond acceptors (Lipinski definition) is 4. The zero-order chi connectivity index (χ0) is 14.9. The van der Waals surface area contributed by atoms with Gasteiger partial charge >= 0.3 is 0 Å². The number of morpholine rings is 1. The lowest BCUT2D eigenvalue weighted by Crippen LogP contribution is -2.37. The van der Waals surface area contributed by atoms with Crippen LogP contribution in [0.15, 0.2) is 0 Å². The summed E-state index contributed by atoms with van der Waals surface area (Å²) in [6, 6.07) is 0. The molecule has 0 saturated carbocycles. The van der Waals surface area contributed by atoms with Crippen LogP contribution in [0.2, 0.25) is 5.15 Å². The summed E-state index contributed by atoms with van der Waals surface area (Å²) in [7, 11) is 0. The average molecular weight is 315 g/mol. The van der Waals surface area contributed by atoms with Gasteiger partial charge in [0.05, 0.1) is 18.9 Å². The molecule has 0 aliphatic carbocycles. The molecule has 2 N–H and O–H groups in total. The Morgan fingerprint density at radius 1 is 1.33 bits per heavy atom. The quantitative estimate of drug-likeness (QED) is 0.686. The third kappa shape index (κ3) is 5.94. The fourth-order valence-electron chi connectivity index (χ4n) is 2.49. The van der Waals surface area contributed by atoms with Gasteiger partial charge in [-0.2, -0.15) is 0 Å². The Hall–Kier alpha value is -0.620. The minimum atomic E-state index is 0.613. The lowest BCUT2D eigenvalue weighted by atomic mass is 10.2. The highest BCUT2D eigenvalue weighted by atomic mass is 35.5. The predicted octanol–water partition coefficient (Wildman–Crippen LogP) is 2.22. The van der Waals surface area contributed by atoms with Crippen LogP contribution in [0.25, 0.3) is 0 Å². The van der Waals surface area contributed by atoms with Crippen LogP contribution >= 0.6 is 11.6 Å². The van der Waals surface area contributed by atoms with E-state index in [1.165, 1.54) is 6.42 Å². The number of nitrogens with zero attached hydrogens (tertiary/aromatic N) is 2. The van der Waals surface area contributed by atoms with Crippen LogP contribution in [-0.2, 0) is 17.7 Å². The number of imidazole rings is 1. The van der Waals surface area contributed by atoms with Gasteiger partial charge in [0.15, 0.2) is 5.15 Å². The monoisotopic (exact) mass is 314 g/mol. The van der Waals surface area contributed by atoms with E-state index in [1.807, 2.05) is 0 Å². The lowest BCUT2D eigenvalue weighted by Gasteiger charge is -2.26. The second-order valence-electron chi connectivity index (χ2n) is 5.54. The lowest BCUT2D eigenvalue weighted by molar-refractivity contribution is 0.0374. The maximum atomic E-state index is 6.15. The summed E-state index contributed by atoms with van der Waals surface area (Å²) in [4.78, 5) is 10.1. The van der Waals surface area contributed by atoms with Crippen molar-refractivity contribution in [1.29, 1.82) is 0 Å². The molecule has 1 fully saturated rings. The summed E-state index contributed by atoms with van der Waals surface area (Å²) in [5.74, 6) is 1.01. The molecule has 1 aliphatic rings. The van der Waals surface area contributed by atoms with Gasteiger partial charge in [-0.15, -0.1) is 0 Å². The summed E-state index contributed by atoms with van der Waals surface area (Å²) >= 11 is 6.15. The normalized spacial score (nSPS) is 16.5. The van der Waals surface area contributed by atoms with Crippen molar-refractivity contribution in [3.05, 3.63) is 16.7 Å². The summed E-state index contributed by atoms with van der Waals surface area (Å²) in [5, 5.41) is 4.05. The van der Waals surface area contributed by atoms with Gasteiger partial charge in [0, 0.05) is 26.1 Å². The van der Waals surface area contributed by atoms with Crippen LogP contribution in [0.5, 0.6) is 0 Å². The minimum Gasteiger partial charge on any atom is -0.379 e. The summed E-state index contributed by atoms with van der Waals surface area (Å²) in [6.45, 7) is 8.95. The molecule has 2 rings (SSSR count). The van der Waals surface area contributed by atoms with Crippen LogP contribution < -0.4 is 5.32 Å². The van der Waals surface area contributed by atoms with E-state index in [-0.39, 0.29) is 0 Å². The van der Waals surface area contributed by atoms with E-state index in [0.717, 1.165) is 76.7 Å². The minimum absolute atomic E-state index is 0.613. The van der Waals surface area contributed by atoms with Crippen molar-refractivity contribution in [2.75, 3.05) is 39.4 Å². The van der Waals surface area contributed by atoms with E-state index in [2.05, 4.69) is 27.1 Å². The molecule has 120 valence electrons. The highest BCUT2D eigenvalue weighted by Gasteiger charge is 2.10. The van der Waals surface area contributed by atoms with Crippen molar-refractivity contribution in [2.45, 2.75) is 39.2 Å². The fourth-order valence-corrected chi connectivity index (χ4v) is 2.70. The Morgan fingerprint density at radius 3 is 2.90 bits per heavy atom. The topological polar surface area (TPSA) is 53.2 Å². The van der Waals surface area contributed by atoms with Crippen molar-refractivity contribution < 1.29 is 4.74 Å². The largest absolute Gasteiger partial charge is 0.379 e. The van der Waals surface area contributed by atoms with Crippen molar-refractivity contribution in [1.82, 2.24) is 20.2 Å². The summed E-state index contributed by atoms with van der Waals surface area (Å²) < 4.78 is 5.35. The van der Waals surface area contributed by atoms with Gasteiger partial charge in [-0.1, -0.05) is 24.9 Å². The third-order valence-electron chi connectivity index (χ3n) is 3.78. The Morgan fingerprint density at radius 2 is 2.14 bits per heavy atom. The Kier molecular flexibility index (Phi) is 7.50. The smallest absolute Gasteiger partial charge is 0.151 e. The van der Waals surface area contributed by atoms with Crippen LogP contribution in [0.3, 0.4) is 0 Å². The SMILES string of the molecule is CCCCc1nc(Cl)c(CNCCCN2CCOCC2)[nH]1. The average Bonchev–Trinajstić information content (AvgIpc) is 2.86. The molecule has 0 radical (unpaired) electrons. The van der Waals surface area contributed by atoms with Gasteiger partial charge in [0.25, 0.3) is 0 Å². The van der Waals surface area contributed by atoms with E-state index in [0.29, 0.717) is 5.15 Å². The van der Waals surface area contributed by atoms with Crippen molar-refractivity contribution >= 4 is 11.6 Å². The molecular formula is C15H27ClN4O. The number of aryl methyl sites for hydroxylation is 1. The van der Waals surface area contributed by atoms with Crippen molar-refractivity contribution in [2.24, 2.45) is 0 Å². The molecule has 2 heterocycles. The summed E-state index contributed by atoms with van der Waals surface area (Å²) in [5.41, 5.74) is 1.01. The van der Waals surface area contributed by atoms with Gasteiger partial charge in [-0.3, -0.25) is 4.90 Å². The fraction of sp³-hybridized carbons (Fsp3) is 0.800. The number of nitrogens with one attached hydrogen (secondary N) is 2. The first-order valence-corrected chi connectivity index (χ1v) is 8.41. The standard InChI is InChI=1S/C15H27ClN4O/c1-2-3-5-14-18-13(15(16)19-14)12-17-6-4-7-20-8-10-21-11-9-20/h17H,2-12H2,1H3,(H,18,19). The molecule has 0 bridgehead atoms. The Balaban J connectivity index is 1.60. The Labute approximate surface area is 132 Å². The molecule has 1 saturated heterocycles. The van der Waals surface area contributed by atoms with Crippen molar-refractivity contribution in [3.8, 4) is 0 Å². The number of unbranched alkanes of at least 4 members (excludes halogenated alkanes) is 1. The molecule has 0 amide bonds. The van der Waals surface area contributed by atoms with Crippen LogP contribution in [0.4, 0.5) is 0 Å². The molecule has 1 aliphatic heterocycles. The van der Waals surface area contributed by atoms with Crippen LogP contribution in [-0.4, -0.2) is 54.3 Å². The predicted molar refractivity (Wildman–Crippen MR) is 85.8 cm³/mol. The van der Waals surface area contributed by atoms with E-state index in [4.69, 9.17) is 16.3 Å². The third-order valence-corrected chi connectivity index (χ3v) is 4.09. The number of halogens is 1. The molecule has 1 aromatic rings. The zero-order valence-electron chi connectivity index (χ0n) is 13.0. The summed E-state index contributed by atoms with van der Waals surface area (Å²) in [6.07, 6.45) is 4.45. The molecule has 1 aromatic heterocycles. The van der Waals surface area contributed by atoms with E-state index in [9.17, 15) is 0 Å². The number of hydrogen-bond donors (Lipinski definition) is 2. The first-order valence-electron chi connectivity index (χ1n) is 8.03. The first-order chi connectivity index (χ1) is 10.3. The molecule has 6 heteroatoms. The van der Waals surface area contributed by atoms with Crippen LogP contribution in [0.1, 0.15) is 37.7 Å². The van der Waals surface area contributed by atoms with Gasteiger partial charge in [0.1, 0.15) is 5.82 Å². The van der Waals surface area contributed by atoms with Gasteiger partial charge in [-0.25, -0.2) is 4.98 Å². The molecule has 5 nitrogen and oxygen atoms in total. The number of rotatable bonds is 9. The van der Waals surface area contributed by atoms with E-state index >= 15 is 0 Å². The molecule has 0 atom stereocenters. The van der Waals surface area contributed by atoms with Gasteiger partial charge in [0.2, 0.25) is 0 Å². The molecule has 0 unspecified atom stereocenters. The van der Waals surface area contributed by atoms with Crippen LogP contribution in [0, 0.1) is 0 Å². The number of H-pyrrole nitrogens is 1. The maximum absolute atomic E-state index is 6.15. The molecule has 21 heavy (non-hydrogen) atoms. The zero-order valence-corrected chi connectivity index (χ0v) is 13.7. The van der Waals surface area contributed by atoms with Gasteiger partial charge < -0.3 is 15.0 Å². The first kappa shape index (κ1) is 16.7. The molecule has 0 spiro atoms. The van der Waals surface area contributed by atoms with Crippen molar-refractivity contribution in [3.63, 3.8) is 0 Å². The number of ether oxygens (including phenoxy) is 1. The Bertz CT molecular complexity index is 404. The molecular weight excluding hydrogens is 288 g/mol. The molecule has 0 aromatic carbocycles. The second-order valence-corrected chi connectivity index (χ2v) is 5.90. The van der Waals surface area contributed by atoms with E-state index in [1.54, 1.807) is 0 Å². The highest BCUT2D eigenvalue weighted by molar-refractivity contribution is 6.30. The number of aromatic amines is 1. The van der Waals surface area contributed by atoms with E-state index < -0.39 is 0 Å².